The predicted octanol–water partition coefficient (Wildman–Crippen LogP) is 4.38. The van der Waals surface area contributed by atoms with Gasteiger partial charge in [-0.15, -0.1) is 0 Å². The molecule has 2 nitrogen and oxygen atoms in total. The van der Waals surface area contributed by atoms with Gasteiger partial charge in [-0.25, -0.2) is 0 Å². The van der Waals surface area contributed by atoms with Gasteiger partial charge in [0.15, 0.2) is 5.52 Å². The number of methoxy groups -OCH3 is 1. The van der Waals surface area contributed by atoms with Crippen LogP contribution in [0.25, 0.3) is 0 Å². The van der Waals surface area contributed by atoms with Crippen LogP contribution in [0.5, 0.6) is 5.75 Å². The van der Waals surface area contributed by atoms with E-state index in [2.05, 4.69) is 0 Å². The fraction of sp³-hybridized carbons (Fsp3) is 0.462. The molecule has 0 heterocycles. The zero-order chi connectivity index (χ0) is 13.1. The fourth-order valence-electron chi connectivity index (χ4n) is 2.27. The summed E-state index contributed by atoms with van der Waals surface area (Å²) >= 11 is 12.1. The number of hydrogen-bond donors (Lipinski definition) is 0. The topological polar surface area (TPSA) is 26.3 Å². The Kier molecular flexibility index (Phi) is 7.23. The maximum absolute atomic E-state index is 12.3. The van der Waals surface area contributed by atoms with Crippen LogP contribution in [0.3, 0.4) is 0 Å². The molecule has 0 aliphatic heterocycles. The van der Waals surface area contributed by atoms with E-state index in [1.165, 1.54) is 20.0 Å². The standard InChI is InChI=1S/C13H15Cl2O2P.Li/c1-17-12-10(15)7-6-9(14)11(12)13(16)18-8-4-2-3-5-8;/h6-8,18H,2-5H2,1H3;. The van der Waals surface area contributed by atoms with E-state index < -0.39 is 0 Å². The Morgan fingerprint density at radius 2 is 1.84 bits per heavy atom. The molecule has 2 rings (SSSR count). The molecule has 0 amide bonds. The number of carbonyl (C=O) groups is 1. The second kappa shape index (κ2) is 7.92. The van der Waals surface area contributed by atoms with Gasteiger partial charge in [0, 0.05) is 18.9 Å². The third-order valence-corrected chi connectivity index (χ3v) is 5.29. The molecule has 1 aromatic carbocycles. The molecule has 0 aromatic heterocycles. The third kappa shape index (κ3) is 4.13. The van der Waals surface area contributed by atoms with Crippen molar-refractivity contribution < 1.29 is 9.53 Å². The molecular weight excluding hydrogens is 297 g/mol. The first kappa shape index (κ1) is 17.3. The largest absolute Gasteiger partial charge is 0.494 e. The summed E-state index contributed by atoms with van der Waals surface area (Å²) in [7, 11) is 1.77. The summed E-state index contributed by atoms with van der Waals surface area (Å²) in [6.07, 6.45) is 4.74. The smallest absolute Gasteiger partial charge is 0.186 e. The number of rotatable bonds is 4. The van der Waals surface area contributed by atoms with Crippen molar-refractivity contribution in [2.24, 2.45) is 0 Å². The van der Waals surface area contributed by atoms with Gasteiger partial charge < -0.3 is 4.74 Å². The van der Waals surface area contributed by atoms with Crippen molar-refractivity contribution in [1.82, 2.24) is 0 Å². The van der Waals surface area contributed by atoms with Crippen molar-refractivity contribution in [3.05, 3.63) is 27.7 Å². The quantitative estimate of drug-likeness (QED) is 0.609. The summed E-state index contributed by atoms with van der Waals surface area (Å²) < 4.78 is 5.21. The molecule has 1 saturated carbocycles. The first-order valence-electron chi connectivity index (χ1n) is 5.96. The monoisotopic (exact) mass is 311 g/mol. The van der Waals surface area contributed by atoms with Crippen molar-refractivity contribution in [3.8, 4) is 5.75 Å². The van der Waals surface area contributed by atoms with E-state index in [0.29, 0.717) is 27.0 Å². The van der Waals surface area contributed by atoms with Gasteiger partial charge >= 0.3 is 0 Å². The van der Waals surface area contributed by atoms with Crippen LogP contribution in [0.4, 0.5) is 0 Å². The first-order chi connectivity index (χ1) is 8.63. The normalized spacial score (nSPS) is 15.7. The molecule has 1 unspecified atom stereocenters. The van der Waals surface area contributed by atoms with Crippen molar-refractivity contribution in [2.75, 3.05) is 7.11 Å². The Labute approximate surface area is 137 Å². The minimum Gasteiger partial charge on any atom is -0.494 e. The maximum Gasteiger partial charge on any atom is 0.186 e. The van der Waals surface area contributed by atoms with Crippen molar-refractivity contribution in [1.29, 1.82) is 0 Å². The van der Waals surface area contributed by atoms with Gasteiger partial charge in [-0.05, 0) is 39.2 Å². The first-order valence-corrected chi connectivity index (χ1v) is 7.79. The summed E-state index contributed by atoms with van der Waals surface area (Å²) in [5, 5.41) is 0.855. The number of carbonyl (C=O) groups excluding carboxylic acids is 1. The molecule has 0 saturated heterocycles. The molecule has 19 heavy (non-hydrogen) atoms. The summed E-state index contributed by atoms with van der Waals surface area (Å²) in [5.41, 5.74) is 1.01. The molecule has 1 aromatic rings. The van der Waals surface area contributed by atoms with Crippen LogP contribution < -0.4 is 4.74 Å². The molecule has 1 atom stereocenters. The molecular formula is C13H15Cl2LiO2P. The Morgan fingerprint density at radius 3 is 2.42 bits per heavy atom. The number of benzene rings is 1. The molecule has 1 radical (unpaired) electrons. The summed E-state index contributed by atoms with van der Waals surface area (Å²) in [6.45, 7) is 0. The van der Waals surface area contributed by atoms with E-state index in [-0.39, 0.29) is 33.0 Å². The van der Waals surface area contributed by atoms with Gasteiger partial charge in [-0.2, -0.15) is 0 Å². The number of hydrogen-bond acceptors (Lipinski definition) is 2. The van der Waals surface area contributed by atoms with Crippen LogP contribution in [0.15, 0.2) is 12.1 Å². The van der Waals surface area contributed by atoms with Crippen LogP contribution in [0, 0.1) is 0 Å². The maximum atomic E-state index is 12.3. The van der Waals surface area contributed by atoms with E-state index in [4.69, 9.17) is 27.9 Å². The molecule has 1 aliphatic carbocycles. The summed E-state index contributed by atoms with van der Waals surface area (Å²) in [4.78, 5) is 12.3. The van der Waals surface area contributed by atoms with E-state index in [0.717, 1.165) is 12.8 Å². The van der Waals surface area contributed by atoms with Crippen LogP contribution in [0.1, 0.15) is 36.0 Å². The minimum atomic E-state index is 0. The van der Waals surface area contributed by atoms with Gasteiger partial charge in [0.2, 0.25) is 0 Å². The van der Waals surface area contributed by atoms with Crippen LogP contribution in [-0.2, 0) is 0 Å². The van der Waals surface area contributed by atoms with Crippen molar-refractivity contribution >= 4 is 56.2 Å². The fourth-order valence-corrected chi connectivity index (χ4v) is 4.28. The molecule has 1 aliphatic rings. The summed E-state index contributed by atoms with van der Waals surface area (Å²) in [6, 6.07) is 3.30. The molecule has 99 valence electrons. The number of halogens is 2. The Hall–Kier alpha value is 0.297. The van der Waals surface area contributed by atoms with E-state index in [1.54, 1.807) is 12.1 Å². The number of ether oxygens (including phenoxy) is 1. The van der Waals surface area contributed by atoms with Gasteiger partial charge in [0.05, 0.1) is 22.7 Å². The average Bonchev–Trinajstić information content (AvgIpc) is 2.84. The van der Waals surface area contributed by atoms with Gasteiger partial charge in [-0.1, -0.05) is 36.0 Å². The third-order valence-electron chi connectivity index (χ3n) is 3.18. The zero-order valence-electron chi connectivity index (χ0n) is 11.1. The van der Waals surface area contributed by atoms with E-state index in [1.807, 2.05) is 0 Å². The second-order valence-corrected chi connectivity index (χ2v) is 6.77. The van der Waals surface area contributed by atoms with Crippen molar-refractivity contribution in [3.63, 3.8) is 0 Å². The van der Waals surface area contributed by atoms with Gasteiger partial charge in [0.25, 0.3) is 0 Å². The zero-order valence-corrected chi connectivity index (χ0v) is 13.6. The average molecular weight is 312 g/mol. The van der Waals surface area contributed by atoms with E-state index in [9.17, 15) is 4.79 Å². The van der Waals surface area contributed by atoms with Crippen LogP contribution in [-0.4, -0.2) is 37.2 Å². The predicted molar refractivity (Wildman–Crippen MR) is 83.7 cm³/mol. The molecule has 1 fully saturated rings. The SMILES string of the molecule is COc1c(Cl)ccc(Cl)c1C(=O)PC1CCCC1.[Li]. The Morgan fingerprint density at radius 1 is 1.26 bits per heavy atom. The van der Waals surface area contributed by atoms with E-state index >= 15 is 0 Å². The Bertz CT molecular complexity index is 462. The molecule has 0 spiro atoms. The molecule has 6 heteroatoms. The molecule has 0 N–H and O–H groups in total. The second-order valence-electron chi connectivity index (χ2n) is 4.39. The van der Waals surface area contributed by atoms with Crippen molar-refractivity contribution in [2.45, 2.75) is 31.3 Å². The van der Waals surface area contributed by atoms with Crippen LogP contribution >= 0.6 is 31.8 Å². The van der Waals surface area contributed by atoms with Gasteiger partial charge in [-0.3, -0.25) is 4.79 Å². The molecule has 0 bridgehead atoms. The summed E-state index contributed by atoms with van der Waals surface area (Å²) in [5.74, 6) is 0.402. The van der Waals surface area contributed by atoms with Gasteiger partial charge in [0.1, 0.15) is 5.75 Å². The minimum absolute atomic E-state index is 0. The van der Waals surface area contributed by atoms with Crippen LogP contribution in [0.2, 0.25) is 10.0 Å². The Balaban J connectivity index is 0.00000180.